The van der Waals surface area contributed by atoms with Gasteiger partial charge in [-0.3, -0.25) is 4.98 Å². The van der Waals surface area contributed by atoms with Crippen molar-refractivity contribution in [2.24, 2.45) is 11.7 Å². The molecule has 0 aliphatic rings. The third-order valence-corrected chi connectivity index (χ3v) is 2.05. The van der Waals surface area contributed by atoms with E-state index in [1.807, 2.05) is 12.1 Å². The molecule has 0 fully saturated rings. The number of rotatable bonds is 5. The summed E-state index contributed by atoms with van der Waals surface area (Å²) in [5, 5.41) is 3.31. The molecule has 3 heteroatoms. The Morgan fingerprint density at radius 3 is 2.77 bits per heavy atom. The van der Waals surface area contributed by atoms with E-state index in [0.29, 0.717) is 5.92 Å². The summed E-state index contributed by atoms with van der Waals surface area (Å²) < 4.78 is 0. The highest BCUT2D eigenvalue weighted by Crippen LogP contribution is 2.05. The van der Waals surface area contributed by atoms with Gasteiger partial charge in [0.2, 0.25) is 0 Å². The standard InChI is InChI=1S/C10H17N3/c1-9(8-11)2-7-13-10-3-5-12-6-4-10/h3-6,9H,2,7-8,11H2,1H3,(H,12,13). The first-order chi connectivity index (χ1) is 6.33. The van der Waals surface area contributed by atoms with Crippen molar-refractivity contribution in [3.63, 3.8) is 0 Å². The lowest BCUT2D eigenvalue weighted by atomic mass is 10.1. The molecule has 1 aromatic rings. The van der Waals surface area contributed by atoms with Crippen molar-refractivity contribution in [3.8, 4) is 0 Å². The van der Waals surface area contributed by atoms with Crippen LogP contribution in [0.5, 0.6) is 0 Å². The largest absolute Gasteiger partial charge is 0.385 e. The van der Waals surface area contributed by atoms with Gasteiger partial charge in [0.25, 0.3) is 0 Å². The summed E-state index contributed by atoms with van der Waals surface area (Å²) >= 11 is 0. The second-order valence-electron chi connectivity index (χ2n) is 3.29. The summed E-state index contributed by atoms with van der Waals surface area (Å²) in [5.74, 6) is 0.592. The molecular weight excluding hydrogens is 162 g/mol. The average molecular weight is 179 g/mol. The predicted octanol–water partition coefficient (Wildman–Crippen LogP) is 1.48. The first-order valence-electron chi connectivity index (χ1n) is 4.67. The van der Waals surface area contributed by atoms with Crippen LogP contribution in [0.25, 0.3) is 0 Å². The number of nitrogens with two attached hydrogens (primary N) is 1. The Balaban J connectivity index is 2.20. The summed E-state index contributed by atoms with van der Waals surface area (Å²) in [6.07, 6.45) is 4.68. The molecule has 72 valence electrons. The topological polar surface area (TPSA) is 50.9 Å². The monoisotopic (exact) mass is 179 g/mol. The first kappa shape index (κ1) is 9.99. The van der Waals surface area contributed by atoms with Gasteiger partial charge in [-0.1, -0.05) is 6.92 Å². The second-order valence-corrected chi connectivity index (χ2v) is 3.29. The minimum absolute atomic E-state index is 0.592. The second kappa shape index (κ2) is 5.54. The van der Waals surface area contributed by atoms with Crippen LogP contribution in [-0.4, -0.2) is 18.1 Å². The van der Waals surface area contributed by atoms with Gasteiger partial charge in [0, 0.05) is 24.6 Å². The molecule has 0 amide bonds. The van der Waals surface area contributed by atoms with Crippen LogP contribution in [0.3, 0.4) is 0 Å². The SMILES string of the molecule is CC(CN)CCNc1ccncc1. The first-order valence-corrected chi connectivity index (χ1v) is 4.67. The number of anilines is 1. The van der Waals surface area contributed by atoms with Crippen molar-refractivity contribution < 1.29 is 0 Å². The van der Waals surface area contributed by atoms with E-state index < -0.39 is 0 Å². The molecular formula is C10H17N3. The van der Waals surface area contributed by atoms with E-state index in [-0.39, 0.29) is 0 Å². The normalized spacial score (nSPS) is 12.5. The third kappa shape index (κ3) is 3.90. The van der Waals surface area contributed by atoms with Gasteiger partial charge < -0.3 is 11.1 Å². The molecule has 0 aliphatic heterocycles. The minimum atomic E-state index is 0.592. The van der Waals surface area contributed by atoms with Gasteiger partial charge >= 0.3 is 0 Å². The Kier molecular flexibility index (Phi) is 4.26. The third-order valence-electron chi connectivity index (χ3n) is 2.05. The quantitative estimate of drug-likeness (QED) is 0.719. The van der Waals surface area contributed by atoms with Crippen LogP contribution in [-0.2, 0) is 0 Å². The van der Waals surface area contributed by atoms with Gasteiger partial charge in [-0.05, 0) is 31.0 Å². The molecule has 0 aliphatic carbocycles. The van der Waals surface area contributed by atoms with Gasteiger partial charge in [0.05, 0.1) is 0 Å². The van der Waals surface area contributed by atoms with Gasteiger partial charge in [-0.15, -0.1) is 0 Å². The number of nitrogens with one attached hydrogen (secondary N) is 1. The molecule has 1 unspecified atom stereocenters. The number of aromatic nitrogens is 1. The molecule has 0 radical (unpaired) electrons. The Bertz CT molecular complexity index is 223. The lowest BCUT2D eigenvalue weighted by Crippen LogP contribution is -2.14. The summed E-state index contributed by atoms with van der Waals surface area (Å²) in [7, 11) is 0. The number of nitrogens with zero attached hydrogens (tertiary/aromatic N) is 1. The molecule has 1 heterocycles. The van der Waals surface area contributed by atoms with Gasteiger partial charge in [0.15, 0.2) is 0 Å². The van der Waals surface area contributed by atoms with Crippen LogP contribution in [0, 0.1) is 5.92 Å². The van der Waals surface area contributed by atoms with Crippen LogP contribution in [0.4, 0.5) is 5.69 Å². The molecule has 3 nitrogen and oxygen atoms in total. The van der Waals surface area contributed by atoms with E-state index in [4.69, 9.17) is 5.73 Å². The zero-order chi connectivity index (χ0) is 9.52. The minimum Gasteiger partial charge on any atom is -0.385 e. The summed E-state index contributed by atoms with van der Waals surface area (Å²) in [4.78, 5) is 3.94. The highest BCUT2D eigenvalue weighted by molar-refractivity contribution is 5.40. The number of hydrogen-bond acceptors (Lipinski definition) is 3. The molecule has 3 N–H and O–H groups in total. The van der Waals surface area contributed by atoms with Crippen LogP contribution in [0.2, 0.25) is 0 Å². The number of hydrogen-bond donors (Lipinski definition) is 2. The van der Waals surface area contributed by atoms with Crippen LogP contribution in [0.1, 0.15) is 13.3 Å². The predicted molar refractivity (Wildman–Crippen MR) is 55.6 cm³/mol. The van der Waals surface area contributed by atoms with E-state index in [1.54, 1.807) is 12.4 Å². The van der Waals surface area contributed by atoms with Crippen molar-refractivity contribution >= 4 is 5.69 Å². The van der Waals surface area contributed by atoms with Gasteiger partial charge in [-0.2, -0.15) is 0 Å². The van der Waals surface area contributed by atoms with E-state index in [0.717, 1.165) is 25.2 Å². The molecule has 13 heavy (non-hydrogen) atoms. The molecule has 1 aromatic heterocycles. The van der Waals surface area contributed by atoms with E-state index in [2.05, 4.69) is 17.2 Å². The van der Waals surface area contributed by atoms with E-state index in [9.17, 15) is 0 Å². The van der Waals surface area contributed by atoms with Crippen molar-refractivity contribution in [1.29, 1.82) is 0 Å². The Morgan fingerprint density at radius 1 is 1.46 bits per heavy atom. The smallest absolute Gasteiger partial charge is 0.0371 e. The van der Waals surface area contributed by atoms with Crippen molar-refractivity contribution in [2.45, 2.75) is 13.3 Å². The molecule has 0 saturated carbocycles. The van der Waals surface area contributed by atoms with Crippen molar-refractivity contribution in [1.82, 2.24) is 4.98 Å². The van der Waals surface area contributed by atoms with Gasteiger partial charge in [-0.25, -0.2) is 0 Å². The summed E-state index contributed by atoms with van der Waals surface area (Å²) in [5.41, 5.74) is 6.64. The van der Waals surface area contributed by atoms with Crippen LogP contribution < -0.4 is 11.1 Å². The Morgan fingerprint density at radius 2 is 2.15 bits per heavy atom. The maximum Gasteiger partial charge on any atom is 0.0371 e. The van der Waals surface area contributed by atoms with Gasteiger partial charge in [0.1, 0.15) is 0 Å². The van der Waals surface area contributed by atoms with E-state index in [1.165, 1.54) is 0 Å². The lowest BCUT2D eigenvalue weighted by Gasteiger charge is -2.09. The fraction of sp³-hybridized carbons (Fsp3) is 0.500. The van der Waals surface area contributed by atoms with Crippen LogP contribution in [0.15, 0.2) is 24.5 Å². The Labute approximate surface area is 79.4 Å². The average Bonchev–Trinajstić information content (AvgIpc) is 2.19. The molecule has 0 aromatic carbocycles. The molecule has 1 rings (SSSR count). The fourth-order valence-corrected chi connectivity index (χ4v) is 1.05. The Hall–Kier alpha value is -1.09. The summed E-state index contributed by atoms with van der Waals surface area (Å²) in [6, 6.07) is 3.93. The molecule has 1 atom stereocenters. The highest BCUT2D eigenvalue weighted by Gasteiger charge is 1.97. The maximum absolute atomic E-state index is 5.51. The van der Waals surface area contributed by atoms with Crippen molar-refractivity contribution in [2.75, 3.05) is 18.4 Å². The van der Waals surface area contributed by atoms with E-state index >= 15 is 0 Å². The highest BCUT2D eigenvalue weighted by atomic mass is 14.9. The zero-order valence-corrected chi connectivity index (χ0v) is 8.03. The molecule has 0 bridgehead atoms. The number of pyridine rings is 1. The zero-order valence-electron chi connectivity index (χ0n) is 8.03. The summed E-state index contributed by atoms with van der Waals surface area (Å²) in [6.45, 7) is 3.90. The van der Waals surface area contributed by atoms with Crippen molar-refractivity contribution in [3.05, 3.63) is 24.5 Å². The maximum atomic E-state index is 5.51. The molecule has 0 saturated heterocycles. The molecule has 0 spiro atoms. The van der Waals surface area contributed by atoms with Crippen LogP contribution >= 0.6 is 0 Å². The lowest BCUT2D eigenvalue weighted by molar-refractivity contribution is 0.561. The fourth-order valence-electron chi connectivity index (χ4n) is 1.05.